The van der Waals surface area contributed by atoms with Crippen LogP contribution in [0.5, 0.6) is 11.5 Å². The molecule has 0 radical (unpaired) electrons. The first-order valence-corrected chi connectivity index (χ1v) is 4.49. The summed E-state index contributed by atoms with van der Waals surface area (Å²) in [6.45, 7) is 0. The predicted molar refractivity (Wildman–Crippen MR) is 55.1 cm³/mol. The Labute approximate surface area is 90.6 Å². The number of aromatic nitrogens is 4. The number of rotatable bonds is 3. The lowest BCUT2D eigenvalue weighted by molar-refractivity contribution is 0.392. The highest BCUT2D eigenvalue weighted by molar-refractivity contribution is 5.50. The molecule has 1 aromatic heterocycles. The highest BCUT2D eigenvalue weighted by Crippen LogP contribution is 2.25. The summed E-state index contributed by atoms with van der Waals surface area (Å²) in [7, 11) is 3.06. The topological polar surface area (TPSA) is 82.0 Å². The van der Waals surface area contributed by atoms with Crippen LogP contribution in [0, 0.1) is 0 Å². The number of benzene rings is 1. The van der Waals surface area contributed by atoms with Crippen molar-refractivity contribution < 1.29 is 9.47 Å². The first-order valence-electron chi connectivity index (χ1n) is 4.49. The van der Waals surface area contributed by atoms with E-state index in [9.17, 15) is 4.79 Å². The maximum Gasteiger partial charge on any atom is 0.365 e. The van der Waals surface area contributed by atoms with Gasteiger partial charge in [0.25, 0.3) is 0 Å². The number of hydrogen-bond acceptors (Lipinski definition) is 5. The fraction of sp³-hybridized carbons (Fsp3) is 0.222. The molecule has 0 amide bonds. The van der Waals surface area contributed by atoms with Gasteiger partial charge in [0.05, 0.1) is 14.2 Å². The van der Waals surface area contributed by atoms with Crippen molar-refractivity contribution in [3.63, 3.8) is 0 Å². The summed E-state index contributed by atoms with van der Waals surface area (Å²) in [6, 6.07) is 5.04. The maximum atomic E-state index is 11.3. The Hall–Kier alpha value is -2.31. The number of nitrogens with zero attached hydrogens (tertiary/aromatic N) is 3. The Bertz CT molecular complexity index is 546. The minimum absolute atomic E-state index is 0.427. The first kappa shape index (κ1) is 10.2. The van der Waals surface area contributed by atoms with E-state index in [2.05, 4.69) is 15.5 Å². The van der Waals surface area contributed by atoms with Gasteiger partial charge in [0, 0.05) is 6.07 Å². The van der Waals surface area contributed by atoms with E-state index in [-0.39, 0.29) is 0 Å². The fourth-order valence-corrected chi connectivity index (χ4v) is 1.32. The summed E-state index contributed by atoms with van der Waals surface area (Å²) < 4.78 is 11.3. The van der Waals surface area contributed by atoms with Crippen LogP contribution in [0.25, 0.3) is 5.69 Å². The number of tetrazole rings is 1. The van der Waals surface area contributed by atoms with Crippen LogP contribution in [0.1, 0.15) is 0 Å². The second kappa shape index (κ2) is 4.05. The third kappa shape index (κ3) is 1.62. The lowest BCUT2D eigenvalue weighted by Crippen LogP contribution is -2.16. The van der Waals surface area contributed by atoms with Gasteiger partial charge in [0.1, 0.15) is 17.2 Å². The quantitative estimate of drug-likeness (QED) is 0.788. The van der Waals surface area contributed by atoms with Crippen LogP contribution in [-0.2, 0) is 0 Å². The highest BCUT2D eigenvalue weighted by atomic mass is 16.5. The highest BCUT2D eigenvalue weighted by Gasteiger charge is 2.10. The van der Waals surface area contributed by atoms with Gasteiger partial charge in [0.2, 0.25) is 0 Å². The number of nitrogens with one attached hydrogen (secondary N) is 1. The minimum Gasteiger partial charge on any atom is -0.497 e. The second-order valence-corrected chi connectivity index (χ2v) is 2.96. The van der Waals surface area contributed by atoms with Gasteiger partial charge in [-0.3, -0.25) is 0 Å². The van der Waals surface area contributed by atoms with E-state index in [0.717, 1.165) is 4.68 Å². The molecule has 1 aromatic carbocycles. The molecular weight excluding hydrogens is 212 g/mol. The van der Waals surface area contributed by atoms with Gasteiger partial charge in [-0.1, -0.05) is 0 Å². The van der Waals surface area contributed by atoms with E-state index >= 15 is 0 Å². The summed E-state index contributed by atoms with van der Waals surface area (Å²) in [5.41, 5.74) is 0.0746. The van der Waals surface area contributed by atoms with Gasteiger partial charge in [-0.15, -0.1) is 0 Å². The minimum atomic E-state index is -0.427. The molecule has 7 heteroatoms. The Morgan fingerprint density at radius 3 is 2.69 bits per heavy atom. The summed E-state index contributed by atoms with van der Waals surface area (Å²) in [5, 5.41) is 9.24. The number of aromatic amines is 1. The normalized spacial score (nSPS) is 10.1. The van der Waals surface area contributed by atoms with Crippen molar-refractivity contribution in [1.82, 2.24) is 20.2 Å². The zero-order chi connectivity index (χ0) is 11.5. The van der Waals surface area contributed by atoms with Crippen molar-refractivity contribution in [2.75, 3.05) is 14.2 Å². The maximum absolute atomic E-state index is 11.3. The van der Waals surface area contributed by atoms with Crippen LogP contribution in [0.15, 0.2) is 23.0 Å². The molecule has 84 valence electrons. The molecule has 0 aliphatic heterocycles. The molecular formula is C9H10N4O3. The molecule has 0 atom stereocenters. The Morgan fingerprint density at radius 2 is 2.12 bits per heavy atom. The monoisotopic (exact) mass is 222 g/mol. The molecule has 1 heterocycles. The smallest absolute Gasteiger partial charge is 0.365 e. The summed E-state index contributed by atoms with van der Waals surface area (Å²) in [5.74, 6) is 1.12. The largest absolute Gasteiger partial charge is 0.497 e. The van der Waals surface area contributed by atoms with Crippen LogP contribution in [0.3, 0.4) is 0 Å². The number of H-pyrrole nitrogens is 1. The zero-order valence-electron chi connectivity index (χ0n) is 8.80. The van der Waals surface area contributed by atoms with E-state index in [1.54, 1.807) is 25.3 Å². The number of hydrogen-bond donors (Lipinski definition) is 1. The fourth-order valence-electron chi connectivity index (χ4n) is 1.32. The molecule has 0 bridgehead atoms. The Kier molecular flexibility index (Phi) is 2.59. The summed E-state index contributed by atoms with van der Waals surface area (Å²) in [6.07, 6.45) is 0. The second-order valence-electron chi connectivity index (χ2n) is 2.96. The standard InChI is InChI=1S/C9H10N4O3/c1-15-6-3-4-7(8(5-6)16-2)13-9(14)10-11-12-13/h3-5H,1-2H3,(H,10,12,14). The van der Waals surface area contributed by atoms with Crippen LogP contribution in [0.2, 0.25) is 0 Å². The number of methoxy groups -OCH3 is 2. The molecule has 2 rings (SSSR count). The molecule has 0 unspecified atom stereocenters. The van der Waals surface area contributed by atoms with Crippen LogP contribution < -0.4 is 15.2 Å². The van der Waals surface area contributed by atoms with Crippen LogP contribution in [-0.4, -0.2) is 34.4 Å². The molecule has 16 heavy (non-hydrogen) atoms. The van der Waals surface area contributed by atoms with Gasteiger partial charge >= 0.3 is 5.69 Å². The van der Waals surface area contributed by atoms with Gasteiger partial charge in [-0.25, -0.2) is 9.89 Å². The molecule has 2 aromatic rings. The van der Waals surface area contributed by atoms with E-state index in [0.29, 0.717) is 17.2 Å². The van der Waals surface area contributed by atoms with Crippen molar-refractivity contribution in [3.05, 3.63) is 28.7 Å². The zero-order valence-corrected chi connectivity index (χ0v) is 8.80. The third-order valence-corrected chi connectivity index (χ3v) is 2.09. The first-order chi connectivity index (χ1) is 7.76. The molecule has 0 aliphatic rings. The lowest BCUT2D eigenvalue weighted by atomic mass is 10.3. The lowest BCUT2D eigenvalue weighted by Gasteiger charge is -2.08. The van der Waals surface area contributed by atoms with Crippen molar-refractivity contribution in [2.45, 2.75) is 0 Å². The molecule has 7 nitrogen and oxygen atoms in total. The van der Waals surface area contributed by atoms with Gasteiger partial charge in [-0.05, 0) is 22.6 Å². The van der Waals surface area contributed by atoms with Crippen molar-refractivity contribution in [3.8, 4) is 17.2 Å². The van der Waals surface area contributed by atoms with Crippen molar-refractivity contribution >= 4 is 0 Å². The molecule has 0 fully saturated rings. The average Bonchev–Trinajstić information content (AvgIpc) is 2.74. The van der Waals surface area contributed by atoms with Gasteiger partial charge < -0.3 is 9.47 Å². The van der Waals surface area contributed by atoms with E-state index < -0.39 is 5.69 Å². The van der Waals surface area contributed by atoms with Crippen molar-refractivity contribution in [2.24, 2.45) is 0 Å². The number of ether oxygens (including phenoxy) is 2. The summed E-state index contributed by atoms with van der Waals surface area (Å²) in [4.78, 5) is 11.3. The van der Waals surface area contributed by atoms with Crippen LogP contribution >= 0.6 is 0 Å². The molecule has 0 aliphatic carbocycles. The molecule has 0 spiro atoms. The molecule has 0 saturated heterocycles. The predicted octanol–water partition coefficient (Wildman–Crippen LogP) is -0.0272. The van der Waals surface area contributed by atoms with E-state index in [1.165, 1.54) is 7.11 Å². The third-order valence-electron chi connectivity index (χ3n) is 2.09. The Morgan fingerprint density at radius 1 is 1.31 bits per heavy atom. The SMILES string of the molecule is COc1ccc(-n2nn[nH]c2=O)c(OC)c1. The molecule has 1 N–H and O–H groups in total. The average molecular weight is 222 g/mol. The van der Waals surface area contributed by atoms with E-state index in [1.807, 2.05) is 0 Å². The van der Waals surface area contributed by atoms with E-state index in [4.69, 9.17) is 9.47 Å². The summed E-state index contributed by atoms with van der Waals surface area (Å²) >= 11 is 0. The van der Waals surface area contributed by atoms with Crippen molar-refractivity contribution in [1.29, 1.82) is 0 Å². The van der Waals surface area contributed by atoms with Gasteiger partial charge in [-0.2, -0.15) is 4.68 Å². The Balaban J connectivity index is 2.57. The van der Waals surface area contributed by atoms with Gasteiger partial charge in [0.15, 0.2) is 0 Å². The molecule has 0 saturated carbocycles. The van der Waals surface area contributed by atoms with Crippen LogP contribution in [0.4, 0.5) is 0 Å².